The van der Waals surface area contributed by atoms with Gasteiger partial charge < -0.3 is 25.2 Å². The maximum absolute atomic E-state index is 14.1. The smallest absolute Gasteiger partial charge is 0.459 e. The summed E-state index contributed by atoms with van der Waals surface area (Å²) in [5.41, 5.74) is 4.25. The Balaban J connectivity index is 1.28. The molecule has 6 atom stereocenters. The van der Waals surface area contributed by atoms with Crippen molar-refractivity contribution in [2.75, 3.05) is 18.9 Å². The number of aromatic nitrogens is 3. The Labute approximate surface area is 267 Å². The Morgan fingerprint density at radius 3 is 2.60 bits per heavy atom. The molecule has 2 aromatic heterocycles. The fraction of sp³-hybridized carbons (Fsp3) is 0.517. The quantitative estimate of drug-likeness (QED) is 0.131. The molecule has 1 aliphatic heterocycles. The van der Waals surface area contributed by atoms with Gasteiger partial charge in [0, 0.05) is 0 Å². The van der Waals surface area contributed by atoms with Crippen LogP contribution in [0.25, 0.3) is 10.4 Å². The number of alkyl halides is 3. The lowest BCUT2D eigenvalue weighted by molar-refractivity contribution is -0.185. The zero-order valence-corrected chi connectivity index (χ0v) is 26.0. The molecule has 3 heterocycles. The number of ether oxygens (including phenoxy) is 2. The Morgan fingerprint density at radius 2 is 1.94 bits per heavy atom. The van der Waals surface area contributed by atoms with Crippen LogP contribution in [-0.2, 0) is 23.4 Å². The summed E-state index contributed by atoms with van der Waals surface area (Å²) in [6.45, 7) is 8.15. The zero-order chi connectivity index (χ0) is 34.0. The summed E-state index contributed by atoms with van der Waals surface area (Å²) in [7, 11) is -4.55. The molecule has 1 aromatic carbocycles. The molecule has 2 aliphatic rings. The first-order valence-corrected chi connectivity index (χ1v) is 16.3. The highest BCUT2D eigenvalue weighted by atomic mass is 31.2. The first-order chi connectivity index (χ1) is 22.2. The van der Waals surface area contributed by atoms with E-state index in [9.17, 15) is 32.7 Å². The molecule has 5 rings (SSSR count). The van der Waals surface area contributed by atoms with Crippen LogP contribution in [0, 0.1) is 18.4 Å². The number of aliphatic hydroxyl groups excluding tert-OH is 2. The molecule has 47 heavy (non-hydrogen) atoms. The topological polar surface area (TPSA) is 184 Å². The van der Waals surface area contributed by atoms with Crippen molar-refractivity contribution < 1.29 is 51.3 Å². The number of rotatable bonds is 11. The molecule has 0 spiro atoms. The molecule has 0 amide bonds. The summed E-state index contributed by atoms with van der Waals surface area (Å²) in [5, 5.41) is 28.5. The van der Waals surface area contributed by atoms with E-state index in [0.717, 1.165) is 0 Å². The van der Waals surface area contributed by atoms with E-state index >= 15 is 0 Å². The standard InChI is InChI=1S/C29H34F3N6O8P/c1-17(27(41)43-14-18-8-10-19(11-9-18)29(30,31)32)37-47(42,46-20-6-4-3-5-7-20)44-15-28(34-2)25(40)23(39)24(45-28)21-12-13-22-26(33)35-16-36-38(21)22/h3-7,12-13,16-19,23-25,39-40H,8-11,14-15H2,1H3,(H,37,42)(H2,33,35,36)/t17-,18?,19?,23-,24-,25-,28+,47-/m0/s1. The van der Waals surface area contributed by atoms with Crippen molar-refractivity contribution in [1.29, 1.82) is 0 Å². The molecule has 0 unspecified atom stereocenters. The number of benzene rings is 1. The third-order valence-corrected chi connectivity index (χ3v) is 9.93. The van der Waals surface area contributed by atoms with Crippen LogP contribution in [0.3, 0.4) is 0 Å². The Kier molecular flexibility index (Phi) is 10.1. The lowest BCUT2D eigenvalue weighted by Crippen LogP contribution is -2.45. The lowest BCUT2D eigenvalue weighted by Gasteiger charge is -2.30. The number of nitrogens with one attached hydrogen (secondary N) is 1. The van der Waals surface area contributed by atoms with E-state index in [1.807, 2.05) is 0 Å². The number of hydrogen-bond acceptors (Lipinski definition) is 11. The van der Waals surface area contributed by atoms with E-state index in [4.69, 9.17) is 30.8 Å². The number of nitrogens with two attached hydrogens (primary N) is 1. The van der Waals surface area contributed by atoms with Gasteiger partial charge >= 0.3 is 25.6 Å². The lowest BCUT2D eigenvalue weighted by atomic mass is 9.82. The average molecular weight is 683 g/mol. The number of halogens is 3. The predicted molar refractivity (Wildman–Crippen MR) is 158 cm³/mol. The number of esters is 1. The number of anilines is 1. The Morgan fingerprint density at radius 1 is 1.23 bits per heavy atom. The number of hydrogen-bond donors (Lipinski definition) is 4. The maximum atomic E-state index is 14.1. The van der Waals surface area contributed by atoms with Gasteiger partial charge in [-0.3, -0.25) is 18.9 Å². The highest BCUT2D eigenvalue weighted by Gasteiger charge is 2.62. The normalized spacial score (nSPS) is 28.3. The molecular weight excluding hydrogens is 648 g/mol. The largest absolute Gasteiger partial charge is 0.464 e. The van der Waals surface area contributed by atoms with Gasteiger partial charge in [-0.05, 0) is 62.8 Å². The van der Waals surface area contributed by atoms with Crippen LogP contribution in [0.4, 0.5) is 19.0 Å². The van der Waals surface area contributed by atoms with Crippen molar-refractivity contribution in [3.8, 4) is 5.75 Å². The highest BCUT2D eigenvalue weighted by Crippen LogP contribution is 2.49. The number of fused-ring (bicyclic) bond motifs is 1. The molecule has 0 bridgehead atoms. The van der Waals surface area contributed by atoms with Gasteiger partial charge in [-0.15, -0.1) is 0 Å². The minimum absolute atomic E-state index is 0.0533. The van der Waals surface area contributed by atoms with Crippen molar-refractivity contribution in [3.63, 3.8) is 0 Å². The van der Waals surface area contributed by atoms with Gasteiger partial charge in [0.1, 0.15) is 35.8 Å². The van der Waals surface area contributed by atoms with Crippen molar-refractivity contribution >= 4 is 25.1 Å². The molecule has 0 radical (unpaired) electrons. The molecular formula is C29H34F3N6O8P. The SMILES string of the molecule is [C-]#[N+][C@]1(CO[P@@](=O)(N[C@@H](C)C(=O)OCC2CCC(C(F)(F)F)CC2)Oc2ccccc2)O[C@@H](c2ccc3c(N)ncnn23)[C@H](O)[C@@H]1O. The Bertz CT molecular complexity index is 1650. The van der Waals surface area contributed by atoms with Crippen LogP contribution >= 0.6 is 7.75 Å². The van der Waals surface area contributed by atoms with Crippen LogP contribution < -0.4 is 15.3 Å². The van der Waals surface area contributed by atoms with Crippen LogP contribution in [0.1, 0.15) is 44.4 Å². The molecule has 1 aliphatic carbocycles. The second-order valence-electron chi connectivity index (χ2n) is 11.5. The summed E-state index contributed by atoms with van der Waals surface area (Å²) >= 11 is 0. The van der Waals surface area contributed by atoms with Crippen molar-refractivity contribution in [2.45, 2.75) is 68.9 Å². The third-order valence-electron chi connectivity index (χ3n) is 8.31. The van der Waals surface area contributed by atoms with Crippen molar-refractivity contribution in [2.24, 2.45) is 11.8 Å². The van der Waals surface area contributed by atoms with Crippen molar-refractivity contribution in [3.05, 3.63) is 65.9 Å². The van der Waals surface area contributed by atoms with E-state index in [1.54, 1.807) is 24.3 Å². The van der Waals surface area contributed by atoms with Crippen LogP contribution in [0.5, 0.6) is 5.75 Å². The van der Waals surface area contributed by atoms with E-state index in [1.165, 1.54) is 36.0 Å². The Hall–Kier alpha value is -3.78. The van der Waals surface area contributed by atoms with Crippen LogP contribution in [-0.4, -0.2) is 74.1 Å². The van der Waals surface area contributed by atoms with Gasteiger partial charge in [-0.1, -0.05) is 18.2 Å². The zero-order valence-electron chi connectivity index (χ0n) is 25.1. The first-order valence-electron chi connectivity index (χ1n) is 14.8. The number of nitrogens with zero attached hydrogens (tertiary/aromatic N) is 4. The highest BCUT2D eigenvalue weighted by molar-refractivity contribution is 7.52. The minimum Gasteiger partial charge on any atom is -0.464 e. The first kappa shape index (κ1) is 34.6. The van der Waals surface area contributed by atoms with Gasteiger partial charge in [0.05, 0.1) is 18.2 Å². The summed E-state index contributed by atoms with van der Waals surface area (Å²) in [6, 6.07) is 9.59. The third kappa shape index (κ3) is 7.53. The van der Waals surface area contributed by atoms with Crippen LogP contribution in [0.15, 0.2) is 48.8 Å². The molecule has 5 N–H and O–H groups in total. The van der Waals surface area contributed by atoms with Crippen molar-refractivity contribution in [1.82, 2.24) is 19.7 Å². The number of para-hydroxylation sites is 1. The molecule has 1 saturated carbocycles. The van der Waals surface area contributed by atoms with Gasteiger partial charge in [-0.25, -0.2) is 20.6 Å². The number of carbonyl (C=O) groups is 1. The maximum Gasteiger partial charge on any atom is 0.459 e. The minimum atomic E-state index is -4.55. The summed E-state index contributed by atoms with van der Waals surface area (Å²) in [5.74, 6) is -2.28. The summed E-state index contributed by atoms with van der Waals surface area (Å²) in [6.07, 6.45) is -7.49. The van der Waals surface area contributed by atoms with Gasteiger partial charge in [0.15, 0.2) is 18.5 Å². The van der Waals surface area contributed by atoms with E-state index in [-0.39, 0.29) is 55.5 Å². The van der Waals surface area contributed by atoms with E-state index in [2.05, 4.69) is 20.0 Å². The number of nitrogen functional groups attached to an aromatic ring is 1. The molecule has 18 heteroatoms. The summed E-state index contributed by atoms with van der Waals surface area (Å²) < 4.78 is 76.8. The van der Waals surface area contributed by atoms with E-state index < -0.39 is 62.5 Å². The predicted octanol–water partition coefficient (Wildman–Crippen LogP) is 3.81. The fourth-order valence-electron chi connectivity index (χ4n) is 5.62. The fourth-order valence-corrected chi connectivity index (χ4v) is 7.13. The molecule has 14 nitrogen and oxygen atoms in total. The molecule has 3 aromatic rings. The molecule has 2 fully saturated rings. The second-order valence-corrected chi connectivity index (χ2v) is 13.2. The van der Waals surface area contributed by atoms with Crippen LogP contribution in [0.2, 0.25) is 0 Å². The van der Waals surface area contributed by atoms with E-state index in [0.29, 0.717) is 5.52 Å². The number of aliphatic hydroxyl groups is 2. The molecule has 1 saturated heterocycles. The second kappa shape index (κ2) is 13.8. The molecule has 254 valence electrons. The van der Waals surface area contributed by atoms with Gasteiger partial charge in [-0.2, -0.15) is 23.4 Å². The average Bonchev–Trinajstić information content (AvgIpc) is 3.58. The van der Waals surface area contributed by atoms with Gasteiger partial charge in [0.2, 0.25) is 0 Å². The van der Waals surface area contributed by atoms with Gasteiger partial charge in [0.25, 0.3) is 0 Å². The monoisotopic (exact) mass is 682 g/mol. The number of carbonyl (C=O) groups excluding carboxylic acids is 1. The summed E-state index contributed by atoms with van der Waals surface area (Å²) in [4.78, 5) is 20.1.